The first-order chi connectivity index (χ1) is 5.79. The molecule has 1 nitrogen and oxygen atoms in total. The van der Waals surface area contributed by atoms with Gasteiger partial charge in [0.1, 0.15) is 4.58 Å². The number of ketones is 1. The van der Waals surface area contributed by atoms with E-state index in [1.807, 2.05) is 24.7 Å². The zero-order chi connectivity index (χ0) is 8.97. The van der Waals surface area contributed by atoms with Crippen LogP contribution in [0.4, 0.5) is 0 Å². The maximum Gasteiger partial charge on any atom is 0.193 e. The van der Waals surface area contributed by atoms with Crippen molar-refractivity contribution < 1.29 is 4.79 Å². The number of Topliss-reactive ketones (excluding diaryl/α,β-unsaturated/α-hetero) is 1. The van der Waals surface area contributed by atoms with Gasteiger partial charge in [-0.25, -0.2) is 0 Å². The van der Waals surface area contributed by atoms with Gasteiger partial charge in [-0.1, -0.05) is 6.08 Å². The molecule has 0 bridgehead atoms. The summed E-state index contributed by atoms with van der Waals surface area (Å²) in [5, 5.41) is 0. The van der Waals surface area contributed by atoms with E-state index in [-0.39, 0.29) is 10.4 Å². The maximum atomic E-state index is 11.6. The molecule has 64 valence electrons. The number of carbonyl (C=O) groups excluding carboxylic acids is 1. The van der Waals surface area contributed by atoms with Crippen LogP contribution in [0.2, 0.25) is 0 Å². The molecule has 1 aliphatic carbocycles. The Morgan fingerprint density at radius 3 is 2.58 bits per heavy atom. The van der Waals surface area contributed by atoms with E-state index < -0.39 is 0 Å². The van der Waals surface area contributed by atoms with E-state index in [4.69, 9.17) is 0 Å². The first-order valence-corrected chi connectivity index (χ1v) is 6.10. The average Bonchev–Trinajstić information content (AvgIpc) is 2.58. The molecule has 0 aromatic carbocycles. The summed E-state index contributed by atoms with van der Waals surface area (Å²) >= 11 is 3.14. The Labute approximate surface area is 81.0 Å². The molecule has 0 amide bonds. The van der Waals surface area contributed by atoms with E-state index in [0.717, 1.165) is 0 Å². The molecule has 0 aromatic heterocycles. The second kappa shape index (κ2) is 4.61. The second-order valence-electron chi connectivity index (χ2n) is 2.25. The Bertz CT molecular complexity index is 268. The lowest BCUT2D eigenvalue weighted by atomic mass is 10.2. The van der Waals surface area contributed by atoms with Gasteiger partial charge in [0.05, 0.1) is 5.57 Å². The van der Waals surface area contributed by atoms with Gasteiger partial charge in [-0.05, 0) is 24.7 Å². The van der Waals surface area contributed by atoms with Crippen LogP contribution in [0.3, 0.4) is 0 Å². The van der Waals surface area contributed by atoms with Crippen molar-refractivity contribution in [2.45, 2.75) is 4.58 Å². The molecule has 1 aliphatic rings. The summed E-state index contributed by atoms with van der Waals surface area (Å²) in [6.45, 7) is 0. The molecular weight excluding hydrogens is 188 g/mol. The Hall–Kier alpha value is -0.370. The highest BCUT2D eigenvalue weighted by Gasteiger charge is 2.18. The van der Waals surface area contributed by atoms with Crippen LogP contribution in [0, 0.1) is 0 Å². The molecule has 12 heavy (non-hydrogen) atoms. The summed E-state index contributed by atoms with van der Waals surface area (Å²) in [5.74, 6) is 0.167. The predicted octanol–water partition coefficient (Wildman–Crippen LogP) is 2.26. The van der Waals surface area contributed by atoms with E-state index in [1.54, 1.807) is 29.6 Å². The third-order valence-corrected chi connectivity index (χ3v) is 3.94. The van der Waals surface area contributed by atoms with Crippen LogP contribution in [0.5, 0.6) is 0 Å². The normalized spacial score (nSPS) is 14.1. The maximum absolute atomic E-state index is 11.6. The highest BCUT2D eigenvalue weighted by molar-refractivity contribution is 8.17. The topological polar surface area (TPSA) is 17.1 Å². The quantitative estimate of drug-likeness (QED) is 0.509. The molecule has 0 saturated heterocycles. The molecule has 1 rings (SSSR count). The van der Waals surface area contributed by atoms with E-state index in [2.05, 4.69) is 5.73 Å². The Kier molecular flexibility index (Phi) is 3.73. The molecule has 0 saturated carbocycles. The third-order valence-electron chi connectivity index (χ3n) is 1.51. The number of carbonyl (C=O) groups is 1. The fourth-order valence-electron chi connectivity index (χ4n) is 0.921. The molecule has 0 unspecified atom stereocenters. The number of thioether (sulfide) groups is 2. The summed E-state index contributed by atoms with van der Waals surface area (Å²) in [6, 6.07) is 0. The van der Waals surface area contributed by atoms with E-state index in [0.29, 0.717) is 5.57 Å². The minimum atomic E-state index is 0.0173. The lowest BCUT2D eigenvalue weighted by molar-refractivity contribution is -0.113. The number of rotatable bonds is 4. The molecule has 0 N–H and O–H groups in total. The van der Waals surface area contributed by atoms with Crippen LogP contribution in [-0.4, -0.2) is 22.9 Å². The molecule has 0 spiro atoms. The summed E-state index contributed by atoms with van der Waals surface area (Å²) in [7, 11) is 0. The van der Waals surface area contributed by atoms with Gasteiger partial charge in [-0.15, -0.1) is 29.3 Å². The Balaban J connectivity index is 2.70. The van der Waals surface area contributed by atoms with Crippen molar-refractivity contribution in [1.82, 2.24) is 0 Å². The summed E-state index contributed by atoms with van der Waals surface area (Å²) in [5.41, 5.74) is 3.61. The van der Waals surface area contributed by atoms with Gasteiger partial charge in [0.25, 0.3) is 0 Å². The SMILES string of the molecule is CSC(SC)C(=O)C1=C=CC=C1. The van der Waals surface area contributed by atoms with Crippen molar-refractivity contribution in [3.63, 3.8) is 0 Å². The minimum Gasteiger partial charge on any atom is -0.291 e. The smallest absolute Gasteiger partial charge is 0.193 e. The van der Waals surface area contributed by atoms with Crippen LogP contribution < -0.4 is 0 Å². The second-order valence-corrected chi connectivity index (χ2v) is 4.44. The van der Waals surface area contributed by atoms with Crippen LogP contribution in [0.25, 0.3) is 0 Å². The van der Waals surface area contributed by atoms with Gasteiger partial charge in [-0.2, -0.15) is 0 Å². The summed E-state index contributed by atoms with van der Waals surface area (Å²) in [4.78, 5) is 11.6. The van der Waals surface area contributed by atoms with Crippen LogP contribution in [0.1, 0.15) is 0 Å². The van der Waals surface area contributed by atoms with Crippen LogP contribution in [-0.2, 0) is 4.79 Å². The fourth-order valence-corrected chi connectivity index (χ4v) is 2.37. The van der Waals surface area contributed by atoms with E-state index >= 15 is 0 Å². The number of hydrogen-bond acceptors (Lipinski definition) is 3. The van der Waals surface area contributed by atoms with Crippen molar-refractivity contribution in [3.8, 4) is 0 Å². The van der Waals surface area contributed by atoms with Crippen molar-refractivity contribution in [1.29, 1.82) is 0 Å². The van der Waals surface area contributed by atoms with Crippen molar-refractivity contribution >= 4 is 29.3 Å². The molecule has 0 aromatic rings. The molecule has 0 fully saturated rings. The lowest BCUT2D eigenvalue weighted by Gasteiger charge is -2.08. The number of hydrogen-bond donors (Lipinski definition) is 0. The standard InChI is InChI=1S/C9H10OS2/c1-11-9(12-2)8(10)7-5-3-4-6-7/h3-5,9H,1-2H3. The highest BCUT2D eigenvalue weighted by Crippen LogP contribution is 2.23. The first-order valence-electron chi connectivity index (χ1n) is 3.52. The van der Waals surface area contributed by atoms with Crippen LogP contribution in [0.15, 0.2) is 29.5 Å². The molecule has 0 atom stereocenters. The van der Waals surface area contributed by atoms with Gasteiger partial charge in [-0.3, -0.25) is 4.79 Å². The Morgan fingerprint density at radius 2 is 2.17 bits per heavy atom. The van der Waals surface area contributed by atoms with Gasteiger partial charge >= 0.3 is 0 Å². The van der Waals surface area contributed by atoms with Gasteiger partial charge in [0, 0.05) is 0 Å². The zero-order valence-electron chi connectivity index (χ0n) is 7.03. The van der Waals surface area contributed by atoms with E-state index in [1.165, 1.54) is 0 Å². The monoisotopic (exact) mass is 198 g/mol. The molecule has 0 aliphatic heterocycles. The summed E-state index contributed by atoms with van der Waals surface area (Å²) < 4.78 is 0.0173. The van der Waals surface area contributed by atoms with Gasteiger partial charge < -0.3 is 0 Å². The first kappa shape index (κ1) is 9.72. The van der Waals surface area contributed by atoms with Crippen LogP contribution >= 0.6 is 23.5 Å². The highest BCUT2D eigenvalue weighted by atomic mass is 32.2. The molecular formula is C9H10OS2. The van der Waals surface area contributed by atoms with Gasteiger partial charge in [0.2, 0.25) is 0 Å². The predicted molar refractivity (Wildman–Crippen MR) is 56.6 cm³/mol. The minimum absolute atomic E-state index is 0.0173. The van der Waals surface area contributed by atoms with Gasteiger partial charge in [0.15, 0.2) is 5.78 Å². The molecule has 0 radical (unpaired) electrons. The third kappa shape index (κ3) is 2.07. The molecule has 0 heterocycles. The molecule has 3 heteroatoms. The fraction of sp³-hybridized carbons (Fsp3) is 0.333. The Morgan fingerprint density at radius 1 is 1.50 bits per heavy atom. The lowest BCUT2D eigenvalue weighted by Crippen LogP contribution is -2.13. The van der Waals surface area contributed by atoms with E-state index in [9.17, 15) is 4.79 Å². The number of allylic oxidation sites excluding steroid dienone is 3. The average molecular weight is 198 g/mol. The largest absolute Gasteiger partial charge is 0.291 e. The zero-order valence-corrected chi connectivity index (χ0v) is 8.67. The van der Waals surface area contributed by atoms with Crippen molar-refractivity contribution in [2.24, 2.45) is 0 Å². The van der Waals surface area contributed by atoms with Crippen molar-refractivity contribution in [3.05, 3.63) is 29.5 Å². The van der Waals surface area contributed by atoms with Crippen molar-refractivity contribution in [2.75, 3.05) is 12.5 Å². The summed E-state index contributed by atoms with van der Waals surface area (Å²) in [6.07, 6.45) is 9.31.